The summed E-state index contributed by atoms with van der Waals surface area (Å²) >= 11 is 0. The van der Waals surface area contributed by atoms with Crippen LogP contribution in [0.25, 0.3) is 10.9 Å². The summed E-state index contributed by atoms with van der Waals surface area (Å²) in [5.74, 6) is 0.994. The monoisotopic (exact) mass is 496 g/mol. The molecule has 0 radical (unpaired) electrons. The van der Waals surface area contributed by atoms with Crippen LogP contribution in [0.5, 0.6) is 0 Å². The van der Waals surface area contributed by atoms with Gasteiger partial charge in [0.15, 0.2) is 0 Å². The molecule has 37 heavy (non-hydrogen) atoms. The third kappa shape index (κ3) is 4.43. The van der Waals surface area contributed by atoms with Crippen LogP contribution in [0.2, 0.25) is 0 Å². The maximum absolute atomic E-state index is 13.7. The molecule has 1 unspecified atom stereocenters. The quantitative estimate of drug-likeness (QED) is 0.507. The zero-order valence-corrected chi connectivity index (χ0v) is 20.5. The van der Waals surface area contributed by atoms with E-state index in [0.29, 0.717) is 23.1 Å². The number of ether oxygens (including phenoxy) is 1. The second-order valence-corrected chi connectivity index (χ2v) is 9.63. The molecule has 10 heteroatoms. The van der Waals surface area contributed by atoms with Crippen molar-refractivity contribution in [3.63, 3.8) is 0 Å². The van der Waals surface area contributed by atoms with Crippen LogP contribution < -0.4 is 15.5 Å². The standard InChI is InChI=1S/C27H28N8O2/c1-17-26(36)35(22-4-2-3-19(11-22)13-28)24-15-29-27(31-21-5-6-23-20(12-21)14-30-33-23)32-25(24)34(17)16-18-7-9-37-10-8-18/h2-6,11-12,14-15,17-18,25H,7-10,16H2,1H3,(H,30,33)(H2,29,31,32)/t17-,25?/m1/s1. The van der Waals surface area contributed by atoms with Gasteiger partial charge in [-0.15, -0.1) is 0 Å². The fourth-order valence-electron chi connectivity index (χ4n) is 5.24. The van der Waals surface area contributed by atoms with E-state index >= 15 is 0 Å². The van der Waals surface area contributed by atoms with Crippen molar-refractivity contribution in [3.8, 4) is 6.07 Å². The number of carbonyl (C=O) groups excluding carboxylic acids is 1. The van der Waals surface area contributed by atoms with Crippen molar-refractivity contribution in [1.82, 2.24) is 20.4 Å². The molecule has 0 aliphatic carbocycles. The van der Waals surface area contributed by atoms with Gasteiger partial charge in [-0.25, -0.2) is 4.99 Å². The summed E-state index contributed by atoms with van der Waals surface area (Å²) in [6.07, 6.45) is 5.19. The third-order valence-electron chi connectivity index (χ3n) is 7.27. The summed E-state index contributed by atoms with van der Waals surface area (Å²) in [4.78, 5) is 22.7. The highest BCUT2D eigenvalue weighted by atomic mass is 16.5. The number of aliphatic imine (C=N–C) groups is 1. The van der Waals surface area contributed by atoms with Gasteiger partial charge in [0.2, 0.25) is 11.9 Å². The zero-order valence-electron chi connectivity index (χ0n) is 20.5. The minimum absolute atomic E-state index is 0.0385. The maximum atomic E-state index is 13.7. The van der Waals surface area contributed by atoms with Gasteiger partial charge in [-0.1, -0.05) is 6.07 Å². The molecule has 3 N–H and O–H groups in total. The Bertz CT molecular complexity index is 1430. The number of H-pyrrole nitrogens is 1. The topological polar surface area (TPSA) is 122 Å². The number of hydrogen-bond acceptors (Lipinski definition) is 8. The predicted octanol–water partition coefficient (Wildman–Crippen LogP) is 3.14. The predicted molar refractivity (Wildman–Crippen MR) is 141 cm³/mol. The maximum Gasteiger partial charge on any atom is 0.248 e. The molecule has 0 spiro atoms. The lowest BCUT2D eigenvalue weighted by atomic mass is 9.96. The number of fused-ring (bicyclic) bond motifs is 2. The molecule has 2 atom stereocenters. The highest BCUT2D eigenvalue weighted by Gasteiger charge is 2.44. The number of benzene rings is 2. The summed E-state index contributed by atoms with van der Waals surface area (Å²) in [6, 6.07) is 14.9. The zero-order chi connectivity index (χ0) is 25.4. The summed E-state index contributed by atoms with van der Waals surface area (Å²) < 4.78 is 5.56. The highest BCUT2D eigenvalue weighted by Crippen LogP contribution is 2.34. The van der Waals surface area contributed by atoms with Crippen LogP contribution in [-0.2, 0) is 9.53 Å². The molecule has 2 fully saturated rings. The minimum Gasteiger partial charge on any atom is -0.381 e. The number of amides is 1. The first-order chi connectivity index (χ1) is 18.1. The molecule has 2 saturated heterocycles. The number of aromatic nitrogens is 2. The van der Waals surface area contributed by atoms with Gasteiger partial charge in [-0.2, -0.15) is 10.4 Å². The van der Waals surface area contributed by atoms with Crippen molar-refractivity contribution in [2.75, 3.05) is 30.0 Å². The van der Waals surface area contributed by atoms with Crippen LogP contribution in [0.4, 0.5) is 11.4 Å². The van der Waals surface area contributed by atoms with Crippen molar-refractivity contribution in [1.29, 1.82) is 5.26 Å². The molecule has 2 aromatic carbocycles. The number of hydrogen-bond donors (Lipinski definition) is 3. The number of nitrogens with zero attached hydrogens (tertiary/aromatic N) is 5. The van der Waals surface area contributed by atoms with Gasteiger partial charge in [-0.05, 0) is 62.1 Å². The molecule has 1 aromatic heterocycles. The summed E-state index contributed by atoms with van der Waals surface area (Å²) in [6.45, 7) is 4.18. The number of nitriles is 1. The summed E-state index contributed by atoms with van der Waals surface area (Å²) in [7, 11) is 0. The van der Waals surface area contributed by atoms with Crippen LogP contribution in [0.15, 0.2) is 65.6 Å². The molecule has 3 aliphatic rings. The molecule has 6 rings (SSSR count). The normalized spacial score (nSPS) is 22.6. The van der Waals surface area contributed by atoms with Gasteiger partial charge < -0.3 is 15.4 Å². The SMILES string of the molecule is C[C@@H]1C(=O)N(c2cccc(C#N)c2)C2=CNC(Nc3ccc4[nH]ncc4c3)=NC2N1CC1CCOCC1. The van der Waals surface area contributed by atoms with Gasteiger partial charge in [0.05, 0.1) is 40.8 Å². The van der Waals surface area contributed by atoms with Gasteiger partial charge in [0.1, 0.15) is 6.17 Å². The molecule has 1 amide bonds. The van der Waals surface area contributed by atoms with Gasteiger partial charge >= 0.3 is 0 Å². The Balaban J connectivity index is 1.34. The first-order valence-corrected chi connectivity index (χ1v) is 12.5. The Morgan fingerprint density at radius 2 is 2.08 bits per heavy atom. The molecule has 0 saturated carbocycles. The molecule has 3 aromatic rings. The molecule has 4 heterocycles. The Kier molecular flexibility index (Phi) is 6.08. The lowest BCUT2D eigenvalue weighted by Crippen LogP contribution is -2.62. The smallest absolute Gasteiger partial charge is 0.248 e. The molecular formula is C27H28N8O2. The lowest BCUT2D eigenvalue weighted by molar-refractivity contribution is -0.126. The Labute approximate surface area is 214 Å². The first kappa shape index (κ1) is 23.2. The fraction of sp³-hybridized carbons (Fsp3) is 0.333. The van der Waals surface area contributed by atoms with Crippen molar-refractivity contribution >= 4 is 34.1 Å². The van der Waals surface area contributed by atoms with Crippen molar-refractivity contribution in [2.24, 2.45) is 10.9 Å². The number of anilines is 2. The van der Waals surface area contributed by atoms with Crippen LogP contribution in [-0.4, -0.2) is 58.9 Å². The fourth-order valence-corrected chi connectivity index (χ4v) is 5.24. The van der Waals surface area contributed by atoms with Crippen LogP contribution in [0.3, 0.4) is 0 Å². The first-order valence-electron chi connectivity index (χ1n) is 12.5. The van der Waals surface area contributed by atoms with E-state index in [4.69, 9.17) is 9.73 Å². The molecule has 3 aliphatic heterocycles. The molecular weight excluding hydrogens is 468 g/mol. The molecule has 10 nitrogen and oxygen atoms in total. The summed E-state index contributed by atoms with van der Waals surface area (Å²) in [5.41, 5.74) is 3.75. The number of nitrogens with one attached hydrogen (secondary N) is 3. The Hall–Kier alpha value is -4.20. The highest BCUT2D eigenvalue weighted by molar-refractivity contribution is 6.03. The van der Waals surface area contributed by atoms with Gasteiger partial charge in [0, 0.05) is 37.0 Å². The second kappa shape index (κ2) is 9.69. The van der Waals surface area contributed by atoms with Gasteiger partial charge in [-0.3, -0.25) is 19.7 Å². The molecule has 188 valence electrons. The minimum atomic E-state index is -0.388. The van der Waals surface area contributed by atoms with Crippen LogP contribution >= 0.6 is 0 Å². The van der Waals surface area contributed by atoms with E-state index in [1.165, 1.54) is 0 Å². The number of piperazine rings is 1. The van der Waals surface area contributed by atoms with Gasteiger partial charge in [0.25, 0.3) is 0 Å². The number of aromatic amines is 1. The van der Waals surface area contributed by atoms with Crippen LogP contribution in [0, 0.1) is 17.2 Å². The average molecular weight is 497 g/mol. The van der Waals surface area contributed by atoms with E-state index in [9.17, 15) is 10.1 Å². The van der Waals surface area contributed by atoms with E-state index in [1.54, 1.807) is 29.3 Å². The number of guanidine groups is 1. The third-order valence-corrected chi connectivity index (χ3v) is 7.27. The van der Waals surface area contributed by atoms with Crippen LogP contribution in [0.1, 0.15) is 25.3 Å². The lowest BCUT2D eigenvalue weighted by Gasteiger charge is -2.47. The average Bonchev–Trinajstić information content (AvgIpc) is 3.40. The van der Waals surface area contributed by atoms with E-state index in [-0.39, 0.29) is 18.1 Å². The Morgan fingerprint density at radius 3 is 2.92 bits per heavy atom. The Morgan fingerprint density at radius 1 is 1.22 bits per heavy atom. The molecule has 0 bridgehead atoms. The van der Waals surface area contributed by atoms with Crippen molar-refractivity contribution in [3.05, 3.63) is 66.1 Å². The van der Waals surface area contributed by atoms with Crippen molar-refractivity contribution < 1.29 is 9.53 Å². The second-order valence-electron chi connectivity index (χ2n) is 9.63. The number of rotatable bonds is 4. The number of carbonyl (C=O) groups is 1. The van der Waals surface area contributed by atoms with E-state index in [0.717, 1.165) is 54.9 Å². The largest absolute Gasteiger partial charge is 0.381 e. The van der Waals surface area contributed by atoms with Crippen molar-refractivity contribution in [2.45, 2.75) is 32.0 Å². The van der Waals surface area contributed by atoms with E-state index in [1.807, 2.05) is 37.4 Å². The van der Waals surface area contributed by atoms with E-state index < -0.39 is 0 Å². The summed E-state index contributed by atoms with van der Waals surface area (Å²) in [5, 5.41) is 24.1. The van der Waals surface area contributed by atoms with E-state index in [2.05, 4.69) is 31.8 Å².